The number of halogens is 1. The SMILES string of the molecule is Cc1ccc(F)cc1CC(=O)NCCN(C)S(C)(=O)=O. The van der Waals surface area contributed by atoms with E-state index in [1.807, 2.05) is 0 Å². The number of hydrogen-bond donors (Lipinski definition) is 1. The van der Waals surface area contributed by atoms with Gasteiger partial charge in [-0.25, -0.2) is 17.1 Å². The number of likely N-dealkylation sites (N-methyl/N-ethyl adjacent to an activating group) is 1. The number of carbonyl (C=O) groups excluding carboxylic acids is 1. The van der Waals surface area contributed by atoms with Crippen molar-refractivity contribution in [3.8, 4) is 0 Å². The Bertz CT molecular complexity index is 587. The van der Waals surface area contributed by atoms with Crippen LogP contribution in [0.2, 0.25) is 0 Å². The number of sulfonamides is 1. The van der Waals surface area contributed by atoms with Crippen molar-refractivity contribution in [3.05, 3.63) is 35.1 Å². The Morgan fingerprint density at radius 1 is 1.40 bits per heavy atom. The van der Waals surface area contributed by atoms with Crippen LogP contribution in [0.4, 0.5) is 4.39 Å². The van der Waals surface area contributed by atoms with E-state index in [4.69, 9.17) is 0 Å². The normalized spacial score (nSPS) is 11.7. The van der Waals surface area contributed by atoms with Gasteiger partial charge in [0.15, 0.2) is 0 Å². The highest BCUT2D eigenvalue weighted by molar-refractivity contribution is 7.88. The lowest BCUT2D eigenvalue weighted by Gasteiger charge is -2.14. The van der Waals surface area contributed by atoms with Gasteiger partial charge in [0.2, 0.25) is 15.9 Å². The summed E-state index contributed by atoms with van der Waals surface area (Å²) < 4.78 is 36.5. The molecule has 1 amide bonds. The molecule has 0 saturated carbocycles. The van der Waals surface area contributed by atoms with Gasteiger partial charge < -0.3 is 5.32 Å². The molecule has 20 heavy (non-hydrogen) atoms. The Labute approximate surface area is 118 Å². The van der Waals surface area contributed by atoms with E-state index < -0.39 is 10.0 Å². The Balaban J connectivity index is 2.47. The summed E-state index contributed by atoms with van der Waals surface area (Å²) in [6.45, 7) is 2.23. The number of carbonyl (C=O) groups is 1. The number of nitrogens with one attached hydrogen (secondary N) is 1. The summed E-state index contributed by atoms with van der Waals surface area (Å²) in [5, 5.41) is 2.61. The maximum atomic E-state index is 13.1. The minimum atomic E-state index is -3.24. The van der Waals surface area contributed by atoms with Gasteiger partial charge in [-0.15, -0.1) is 0 Å². The van der Waals surface area contributed by atoms with Crippen LogP contribution in [0.5, 0.6) is 0 Å². The zero-order chi connectivity index (χ0) is 15.3. The first-order valence-corrected chi connectivity index (χ1v) is 7.98. The van der Waals surface area contributed by atoms with Crippen molar-refractivity contribution in [1.29, 1.82) is 0 Å². The Morgan fingerprint density at radius 3 is 2.65 bits per heavy atom. The second-order valence-electron chi connectivity index (χ2n) is 4.68. The number of nitrogens with zero attached hydrogens (tertiary/aromatic N) is 1. The van der Waals surface area contributed by atoms with Gasteiger partial charge in [0.25, 0.3) is 0 Å². The van der Waals surface area contributed by atoms with Gasteiger partial charge in [0.1, 0.15) is 5.82 Å². The number of rotatable bonds is 6. The molecule has 0 aliphatic carbocycles. The van der Waals surface area contributed by atoms with Crippen LogP contribution in [0.1, 0.15) is 11.1 Å². The van der Waals surface area contributed by atoms with Crippen LogP contribution in [0, 0.1) is 12.7 Å². The van der Waals surface area contributed by atoms with Crippen molar-refractivity contribution in [3.63, 3.8) is 0 Å². The molecule has 0 fully saturated rings. The van der Waals surface area contributed by atoms with Crippen LogP contribution in [0.3, 0.4) is 0 Å². The highest BCUT2D eigenvalue weighted by Gasteiger charge is 2.11. The van der Waals surface area contributed by atoms with Crippen molar-refractivity contribution in [2.24, 2.45) is 0 Å². The van der Waals surface area contributed by atoms with E-state index in [0.29, 0.717) is 5.56 Å². The summed E-state index contributed by atoms with van der Waals surface area (Å²) in [4.78, 5) is 11.7. The predicted octanol–water partition coefficient (Wildman–Crippen LogP) is 0.684. The van der Waals surface area contributed by atoms with E-state index in [9.17, 15) is 17.6 Å². The molecular weight excluding hydrogens is 283 g/mol. The molecule has 0 aliphatic rings. The molecule has 0 saturated heterocycles. The molecule has 0 atom stereocenters. The van der Waals surface area contributed by atoms with Crippen molar-refractivity contribution in [2.75, 3.05) is 26.4 Å². The third-order valence-corrected chi connectivity index (χ3v) is 4.29. The second kappa shape index (κ2) is 6.81. The molecule has 0 aromatic heterocycles. The predicted molar refractivity (Wildman–Crippen MR) is 75.3 cm³/mol. The smallest absolute Gasteiger partial charge is 0.224 e. The van der Waals surface area contributed by atoms with Crippen molar-refractivity contribution < 1.29 is 17.6 Å². The van der Waals surface area contributed by atoms with Gasteiger partial charge in [-0.05, 0) is 30.2 Å². The number of aryl methyl sites for hydroxylation is 1. The van der Waals surface area contributed by atoms with Crippen LogP contribution in [0.25, 0.3) is 0 Å². The topological polar surface area (TPSA) is 66.5 Å². The molecule has 5 nitrogen and oxygen atoms in total. The largest absolute Gasteiger partial charge is 0.354 e. The lowest BCUT2D eigenvalue weighted by atomic mass is 10.1. The summed E-state index contributed by atoms with van der Waals surface area (Å²) in [5.41, 5.74) is 1.47. The van der Waals surface area contributed by atoms with E-state index in [1.165, 1.54) is 19.2 Å². The third-order valence-electron chi connectivity index (χ3n) is 2.98. The van der Waals surface area contributed by atoms with E-state index in [2.05, 4.69) is 5.32 Å². The highest BCUT2D eigenvalue weighted by atomic mass is 32.2. The molecule has 1 aromatic carbocycles. The Kier molecular flexibility index (Phi) is 5.64. The molecular formula is C13H19FN2O3S. The van der Waals surface area contributed by atoms with Crippen molar-refractivity contribution in [1.82, 2.24) is 9.62 Å². The van der Waals surface area contributed by atoms with Gasteiger partial charge in [-0.3, -0.25) is 4.79 Å². The average Bonchev–Trinajstić information content (AvgIpc) is 2.32. The van der Waals surface area contributed by atoms with Crippen molar-refractivity contribution in [2.45, 2.75) is 13.3 Å². The fourth-order valence-electron chi connectivity index (χ4n) is 1.58. The molecule has 0 radical (unpaired) electrons. The maximum Gasteiger partial charge on any atom is 0.224 e. The fourth-order valence-corrected chi connectivity index (χ4v) is 2.01. The molecule has 112 valence electrons. The maximum absolute atomic E-state index is 13.1. The number of amides is 1. The minimum Gasteiger partial charge on any atom is -0.354 e. The summed E-state index contributed by atoms with van der Waals surface area (Å²) in [6, 6.07) is 4.30. The fraction of sp³-hybridized carbons (Fsp3) is 0.462. The molecule has 0 unspecified atom stereocenters. The molecule has 0 bridgehead atoms. The summed E-state index contributed by atoms with van der Waals surface area (Å²) in [6.07, 6.45) is 1.18. The second-order valence-corrected chi connectivity index (χ2v) is 6.77. The average molecular weight is 302 g/mol. The van der Waals surface area contributed by atoms with E-state index in [-0.39, 0.29) is 31.2 Å². The molecule has 1 rings (SSSR count). The zero-order valence-electron chi connectivity index (χ0n) is 11.8. The molecule has 0 aliphatic heterocycles. The first-order chi connectivity index (χ1) is 9.20. The number of hydrogen-bond acceptors (Lipinski definition) is 3. The van der Waals surface area contributed by atoms with Gasteiger partial charge in [0, 0.05) is 20.1 Å². The molecule has 1 aromatic rings. The summed E-state index contributed by atoms with van der Waals surface area (Å²) >= 11 is 0. The minimum absolute atomic E-state index is 0.0756. The lowest BCUT2D eigenvalue weighted by molar-refractivity contribution is -0.120. The van der Waals surface area contributed by atoms with Gasteiger partial charge in [-0.2, -0.15) is 0 Å². The van der Waals surface area contributed by atoms with E-state index >= 15 is 0 Å². The molecule has 0 heterocycles. The van der Waals surface area contributed by atoms with E-state index in [0.717, 1.165) is 16.1 Å². The number of benzene rings is 1. The van der Waals surface area contributed by atoms with Gasteiger partial charge in [0.05, 0.1) is 12.7 Å². The molecule has 7 heteroatoms. The Hall–Kier alpha value is -1.47. The summed E-state index contributed by atoms with van der Waals surface area (Å²) in [5.74, 6) is -0.643. The molecule has 1 N–H and O–H groups in total. The third kappa shape index (κ3) is 5.26. The van der Waals surface area contributed by atoms with Crippen LogP contribution >= 0.6 is 0 Å². The van der Waals surface area contributed by atoms with Crippen LogP contribution < -0.4 is 5.32 Å². The van der Waals surface area contributed by atoms with Gasteiger partial charge in [-0.1, -0.05) is 6.07 Å². The first-order valence-electron chi connectivity index (χ1n) is 6.13. The first kappa shape index (κ1) is 16.6. The zero-order valence-corrected chi connectivity index (χ0v) is 12.6. The van der Waals surface area contributed by atoms with Crippen LogP contribution in [0.15, 0.2) is 18.2 Å². The Morgan fingerprint density at radius 2 is 2.05 bits per heavy atom. The summed E-state index contributed by atoms with van der Waals surface area (Å²) in [7, 11) is -1.80. The standard InChI is InChI=1S/C13H19FN2O3S/c1-10-4-5-12(14)8-11(10)9-13(17)15-6-7-16(2)20(3,18)19/h4-5,8H,6-7,9H2,1-3H3,(H,15,17). The van der Waals surface area contributed by atoms with Crippen LogP contribution in [-0.2, 0) is 21.2 Å². The van der Waals surface area contributed by atoms with Crippen LogP contribution in [-0.4, -0.2) is 45.0 Å². The molecule has 0 spiro atoms. The lowest BCUT2D eigenvalue weighted by Crippen LogP contribution is -2.36. The van der Waals surface area contributed by atoms with Crippen molar-refractivity contribution >= 4 is 15.9 Å². The van der Waals surface area contributed by atoms with E-state index in [1.54, 1.807) is 13.0 Å². The highest BCUT2D eigenvalue weighted by Crippen LogP contribution is 2.10. The monoisotopic (exact) mass is 302 g/mol. The van der Waals surface area contributed by atoms with Gasteiger partial charge >= 0.3 is 0 Å². The quantitative estimate of drug-likeness (QED) is 0.840.